The van der Waals surface area contributed by atoms with Gasteiger partial charge in [-0.1, -0.05) is 109 Å². The van der Waals surface area contributed by atoms with Gasteiger partial charge in [0.15, 0.2) is 23.2 Å². The molecule has 9 heteroatoms. The van der Waals surface area contributed by atoms with E-state index < -0.39 is 24.0 Å². The van der Waals surface area contributed by atoms with Gasteiger partial charge in [0, 0.05) is 18.5 Å². The third-order valence-corrected chi connectivity index (χ3v) is 8.25. The Morgan fingerprint density at radius 3 is 1.93 bits per heavy atom. The van der Waals surface area contributed by atoms with Crippen LogP contribution in [0.15, 0.2) is 134 Å². The second kappa shape index (κ2) is 12.4. The fourth-order valence-electron chi connectivity index (χ4n) is 6.11. The average Bonchev–Trinajstić information content (AvgIpc) is 3.70. The summed E-state index contributed by atoms with van der Waals surface area (Å²) in [6.07, 6.45) is 0.342. The van der Waals surface area contributed by atoms with Crippen LogP contribution in [0.5, 0.6) is 0 Å². The maximum absolute atomic E-state index is 15.7. The number of rotatable bonds is 9. The summed E-state index contributed by atoms with van der Waals surface area (Å²) in [5, 5.41) is 6.60. The van der Waals surface area contributed by atoms with Crippen LogP contribution in [0.4, 0.5) is 10.2 Å². The van der Waals surface area contributed by atoms with Gasteiger partial charge in [0.2, 0.25) is 0 Å². The van der Waals surface area contributed by atoms with Crippen LogP contribution in [0.3, 0.4) is 0 Å². The third kappa shape index (κ3) is 5.48. The Bertz CT molecular complexity index is 1790. The van der Waals surface area contributed by atoms with E-state index in [1.807, 2.05) is 60.7 Å². The first-order valence-corrected chi connectivity index (χ1v) is 14.9. The number of carbonyl (C=O) groups is 1. The molecule has 1 aliphatic rings. The number of nitrogens with zero attached hydrogens (tertiary/aromatic N) is 4. The molecular weight excluding hydrogens is 567 g/mol. The summed E-state index contributed by atoms with van der Waals surface area (Å²) < 4.78 is 23.7. The van der Waals surface area contributed by atoms with Crippen LogP contribution in [0, 0.1) is 0 Å². The number of alkyl halides is 1. The highest BCUT2D eigenvalue weighted by Gasteiger charge is 2.41. The molecule has 0 saturated carbocycles. The Balaban J connectivity index is 1.16. The second-order valence-electron chi connectivity index (χ2n) is 11.0. The summed E-state index contributed by atoms with van der Waals surface area (Å²) in [4.78, 5) is 25.8. The first-order valence-electron chi connectivity index (χ1n) is 14.9. The Kier molecular flexibility index (Phi) is 7.85. The zero-order valence-electron chi connectivity index (χ0n) is 24.3. The highest BCUT2D eigenvalue weighted by atomic mass is 19.1. The van der Waals surface area contributed by atoms with E-state index in [0.29, 0.717) is 23.3 Å². The zero-order valence-corrected chi connectivity index (χ0v) is 24.3. The molecule has 1 aliphatic heterocycles. The van der Waals surface area contributed by atoms with Gasteiger partial charge < -0.3 is 10.1 Å². The molecule has 4 aromatic carbocycles. The lowest BCUT2D eigenvalue weighted by molar-refractivity contribution is -0.0169. The molecule has 8 nitrogen and oxygen atoms in total. The maximum Gasteiger partial charge on any atom is 0.256 e. The lowest BCUT2D eigenvalue weighted by atomic mass is 9.77. The molecule has 0 unspecified atom stereocenters. The smallest absolute Gasteiger partial charge is 0.256 e. The SMILES string of the molecule is O=C(Nc1ncnc2c1ncn2[C@H]1O[C@@H](CNC(c2ccccc2)(c2ccccc2)c2ccccc2)C[C@H]1F)c1ccccc1. The van der Waals surface area contributed by atoms with Crippen LogP contribution in [0.25, 0.3) is 11.2 Å². The van der Waals surface area contributed by atoms with Crippen LogP contribution < -0.4 is 10.6 Å². The first kappa shape index (κ1) is 28.5. The molecule has 224 valence electrons. The van der Waals surface area contributed by atoms with E-state index in [-0.39, 0.29) is 18.1 Å². The summed E-state index contributed by atoms with van der Waals surface area (Å²) >= 11 is 0. The molecule has 1 fully saturated rings. The van der Waals surface area contributed by atoms with E-state index in [1.165, 1.54) is 12.7 Å². The summed E-state index contributed by atoms with van der Waals surface area (Å²) in [5.74, 6) is -0.0758. The van der Waals surface area contributed by atoms with E-state index >= 15 is 4.39 Å². The number of ether oxygens (including phenoxy) is 1. The molecule has 0 aliphatic carbocycles. The molecule has 1 saturated heterocycles. The summed E-state index contributed by atoms with van der Waals surface area (Å²) in [6.45, 7) is 0.385. The predicted octanol–water partition coefficient (Wildman–Crippen LogP) is 6.29. The number of fused-ring (bicyclic) bond motifs is 1. The molecule has 7 rings (SSSR count). The maximum atomic E-state index is 15.7. The normalized spacial score (nSPS) is 18.2. The molecule has 3 heterocycles. The number of halogens is 1. The standard InChI is InChI=1S/C36H31FN6O2/c37-30-21-29(22-41-36(26-15-7-2-8-16-26,27-17-9-3-10-18-27)28-19-11-4-12-20-28)45-35(30)43-24-40-31-32(38-23-39-33(31)43)42-34(44)25-13-5-1-6-14-25/h1-20,23-24,29-30,35,41H,21-22H2,(H,38,39,42,44)/t29-,30-,35+/m1/s1. The van der Waals surface area contributed by atoms with Crippen molar-refractivity contribution >= 4 is 22.9 Å². The minimum Gasteiger partial charge on any atom is -0.350 e. The van der Waals surface area contributed by atoms with Crippen LogP contribution >= 0.6 is 0 Å². The van der Waals surface area contributed by atoms with Gasteiger partial charge in [-0.25, -0.2) is 19.3 Å². The highest BCUT2D eigenvalue weighted by molar-refractivity contribution is 6.06. The topological polar surface area (TPSA) is 94.0 Å². The van der Waals surface area contributed by atoms with Crippen LogP contribution in [-0.4, -0.2) is 44.2 Å². The summed E-state index contributed by atoms with van der Waals surface area (Å²) in [5.41, 5.74) is 3.72. The van der Waals surface area contributed by atoms with Gasteiger partial charge in [0.1, 0.15) is 12.5 Å². The minimum absolute atomic E-state index is 0.189. The molecule has 2 aromatic heterocycles. The van der Waals surface area contributed by atoms with Crippen molar-refractivity contribution in [3.8, 4) is 0 Å². The second-order valence-corrected chi connectivity index (χ2v) is 11.0. The lowest BCUT2D eigenvalue weighted by Gasteiger charge is -2.38. The Hall–Kier alpha value is -5.25. The van der Waals surface area contributed by atoms with Crippen molar-refractivity contribution in [1.29, 1.82) is 0 Å². The fourth-order valence-corrected chi connectivity index (χ4v) is 6.11. The number of aromatic nitrogens is 4. The van der Waals surface area contributed by atoms with Crippen molar-refractivity contribution < 1.29 is 13.9 Å². The van der Waals surface area contributed by atoms with Crippen LogP contribution in [0.2, 0.25) is 0 Å². The molecule has 6 aromatic rings. The van der Waals surface area contributed by atoms with Gasteiger partial charge in [-0.05, 0) is 28.8 Å². The quantitative estimate of drug-likeness (QED) is 0.190. The molecule has 45 heavy (non-hydrogen) atoms. The number of nitrogens with one attached hydrogen (secondary N) is 2. The van der Waals surface area contributed by atoms with Crippen molar-refractivity contribution in [2.24, 2.45) is 0 Å². The van der Waals surface area contributed by atoms with Crippen molar-refractivity contribution in [2.45, 2.75) is 30.5 Å². The van der Waals surface area contributed by atoms with E-state index in [4.69, 9.17) is 4.74 Å². The predicted molar refractivity (Wildman–Crippen MR) is 170 cm³/mol. The number of hydrogen-bond acceptors (Lipinski definition) is 6. The minimum atomic E-state index is -1.30. The fraction of sp³-hybridized carbons (Fsp3) is 0.167. The number of benzene rings is 4. The van der Waals surface area contributed by atoms with Crippen molar-refractivity contribution in [2.75, 3.05) is 11.9 Å². The Morgan fingerprint density at radius 2 is 1.36 bits per heavy atom. The molecule has 0 spiro atoms. The molecular formula is C36H31FN6O2. The van der Waals surface area contributed by atoms with E-state index in [9.17, 15) is 4.79 Å². The van der Waals surface area contributed by atoms with Gasteiger partial charge in [0.05, 0.1) is 18.0 Å². The van der Waals surface area contributed by atoms with Crippen molar-refractivity contribution in [3.63, 3.8) is 0 Å². The molecule has 2 N–H and O–H groups in total. The Labute approximate surface area is 260 Å². The third-order valence-electron chi connectivity index (χ3n) is 8.25. The molecule has 0 radical (unpaired) electrons. The number of anilines is 1. The average molecular weight is 599 g/mol. The van der Waals surface area contributed by atoms with Crippen molar-refractivity contribution in [1.82, 2.24) is 24.8 Å². The van der Waals surface area contributed by atoms with Gasteiger partial charge in [-0.2, -0.15) is 0 Å². The highest BCUT2D eigenvalue weighted by Crippen LogP contribution is 2.39. The van der Waals surface area contributed by atoms with Gasteiger partial charge in [-0.15, -0.1) is 0 Å². The lowest BCUT2D eigenvalue weighted by Crippen LogP contribution is -2.47. The van der Waals surface area contributed by atoms with Gasteiger partial charge >= 0.3 is 0 Å². The van der Waals surface area contributed by atoms with E-state index in [1.54, 1.807) is 28.8 Å². The number of carbonyl (C=O) groups excluding carboxylic acids is 1. The Morgan fingerprint density at radius 1 is 0.800 bits per heavy atom. The molecule has 1 amide bonds. The number of amides is 1. The van der Waals surface area contributed by atoms with Gasteiger partial charge in [0.25, 0.3) is 5.91 Å². The van der Waals surface area contributed by atoms with E-state index in [0.717, 1.165) is 16.7 Å². The number of imidazole rings is 1. The molecule has 3 atom stereocenters. The van der Waals surface area contributed by atoms with Gasteiger partial charge in [-0.3, -0.25) is 14.7 Å². The largest absolute Gasteiger partial charge is 0.350 e. The monoisotopic (exact) mass is 598 g/mol. The first-order chi connectivity index (χ1) is 22.1. The van der Waals surface area contributed by atoms with Crippen LogP contribution in [-0.2, 0) is 10.3 Å². The zero-order chi connectivity index (χ0) is 30.6. The van der Waals surface area contributed by atoms with Crippen molar-refractivity contribution in [3.05, 3.63) is 156 Å². The number of hydrogen-bond donors (Lipinski definition) is 2. The summed E-state index contributed by atoms with van der Waals surface area (Å²) in [6, 6.07) is 39.6. The summed E-state index contributed by atoms with van der Waals surface area (Å²) in [7, 11) is 0. The van der Waals surface area contributed by atoms with Crippen LogP contribution in [0.1, 0.15) is 39.7 Å². The molecule has 0 bridgehead atoms. The van der Waals surface area contributed by atoms with E-state index in [2.05, 4.69) is 62.0 Å².